The van der Waals surface area contributed by atoms with Gasteiger partial charge >= 0.3 is 0 Å². The van der Waals surface area contributed by atoms with E-state index in [0.717, 1.165) is 25.7 Å². The first-order chi connectivity index (χ1) is 43.2. The van der Waals surface area contributed by atoms with Gasteiger partial charge in [-0.1, -0.05) is 374 Å². The fourth-order valence-electron chi connectivity index (χ4n) is 14.7. The van der Waals surface area contributed by atoms with Crippen LogP contribution in [0.2, 0.25) is 0 Å². The Bertz CT molecular complexity index is 1940. The lowest BCUT2D eigenvalue weighted by atomic mass is 9.90. The zero-order chi connectivity index (χ0) is 63.1. The van der Waals surface area contributed by atoms with Crippen LogP contribution in [0.1, 0.15) is 398 Å². The van der Waals surface area contributed by atoms with Crippen LogP contribution in [0.4, 0.5) is 20.2 Å². The Labute approximate surface area is 559 Å². The van der Waals surface area contributed by atoms with Gasteiger partial charge < -0.3 is 9.80 Å². The van der Waals surface area contributed by atoms with Gasteiger partial charge in [0.2, 0.25) is 0 Å². The third-order valence-corrected chi connectivity index (χ3v) is 21.5. The minimum atomic E-state index is -0.483. The summed E-state index contributed by atoms with van der Waals surface area (Å²) in [5.74, 6) is -0.531. The van der Waals surface area contributed by atoms with Crippen molar-refractivity contribution >= 4 is 66.2 Å². The molecule has 2 aromatic carbocycles. The second kappa shape index (κ2) is 51.4. The highest BCUT2D eigenvalue weighted by Crippen LogP contribution is 2.50. The number of halogens is 4. The number of carbonyl (C=O) groups excluding carboxylic acids is 2. The van der Waals surface area contributed by atoms with E-state index in [-0.39, 0.29) is 34.3 Å². The van der Waals surface area contributed by atoms with Crippen molar-refractivity contribution in [3.05, 3.63) is 56.0 Å². The molecule has 0 saturated heterocycles. The van der Waals surface area contributed by atoms with Crippen molar-refractivity contribution < 1.29 is 18.4 Å². The summed E-state index contributed by atoms with van der Waals surface area (Å²) in [5.41, 5.74) is 1.75. The van der Waals surface area contributed by atoms with Gasteiger partial charge in [0.05, 0.1) is 31.5 Å². The lowest BCUT2D eigenvalue weighted by Crippen LogP contribution is -2.31. The van der Waals surface area contributed by atoms with E-state index in [1.165, 1.54) is 334 Å². The molecule has 4 nitrogen and oxygen atoms in total. The van der Waals surface area contributed by atoms with Crippen molar-refractivity contribution in [3.8, 4) is 0 Å². The smallest absolute Gasteiger partial charge is 0.259 e. The van der Waals surface area contributed by atoms with Crippen LogP contribution in [0, 0.1) is 23.5 Å². The minimum Gasteiger partial charge on any atom is -0.305 e. The van der Waals surface area contributed by atoms with Gasteiger partial charge in [0.15, 0.2) is 11.6 Å². The molecule has 0 aromatic heterocycles. The minimum absolute atomic E-state index is 0.207. The van der Waals surface area contributed by atoms with Crippen LogP contribution in [0.5, 0.6) is 0 Å². The van der Waals surface area contributed by atoms with Gasteiger partial charge in [-0.05, 0) is 81.5 Å². The van der Waals surface area contributed by atoms with Crippen LogP contribution in [0.3, 0.4) is 0 Å². The van der Waals surface area contributed by atoms with E-state index in [0.29, 0.717) is 45.0 Å². The molecule has 2 amide bonds. The standard InChI is InChI=1S/C80H134Br2F2N2O2/c1-5-9-13-17-21-25-29-33-37-41-45-49-55-67(56-50-46-42-38-34-30-26-22-18-14-10-6-2)59-53-65-85-77-69(61-63-71(81)75(77)83)73(79(85)87)74-70-62-64-72(82)76(84)78(70)86(80(74)88)66-54-60-68(57-51-47-43-39-35-31-27-23-19-15-11-7-3)58-52-48-44-40-36-32-28-24-20-16-12-8-4/h61-64,67-68H,5-60,65-66H2,1-4H3. The molecule has 0 radical (unpaired) electrons. The number of unbranched alkanes of at least 4 members (excludes halogenated alkanes) is 44. The highest BCUT2D eigenvalue weighted by Gasteiger charge is 2.44. The average Bonchev–Trinajstić information content (AvgIpc) is 2.25. The summed E-state index contributed by atoms with van der Waals surface area (Å²) in [4.78, 5) is 33.5. The maximum absolute atomic E-state index is 16.7. The molecule has 4 rings (SSSR count). The Balaban J connectivity index is 1.41. The van der Waals surface area contributed by atoms with E-state index in [1.54, 1.807) is 34.1 Å². The SMILES string of the molecule is CCCCCCCCCCCCCCC(CCCCCCCCCCCCCC)CCCN1C(=O)C(=C2C(=O)N(CCCC(CCCCCCCCCCCCCC)CCCCCCCCCCCCCC)c3c2ccc(Br)c3F)c2ccc(Br)c(F)c21. The van der Waals surface area contributed by atoms with Crippen LogP contribution < -0.4 is 9.80 Å². The number of benzene rings is 2. The molecule has 0 unspecified atom stereocenters. The summed E-state index contributed by atoms with van der Waals surface area (Å²) < 4.78 is 33.9. The van der Waals surface area contributed by atoms with Gasteiger partial charge in [-0.2, -0.15) is 0 Å². The molecule has 504 valence electrons. The van der Waals surface area contributed by atoms with Gasteiger partial charge in [-0.25, -0.2) is 8.78 Å². The molecule has 2 aliphatic heterocycles. The molecule has 2 aromatic rings. The number of rotatable bonds is 60. The summed E-state index contributed by atoms with van der Waals surface area (Å²) in [7, 11) is 0. The predicted octanol–water partition coefficient (Wildman–Crippen LogP) is 28.3. The van der Waals surface area contributed by atoms with Crippen LogP contribution in [-0.4, -0.2) is 24.9 Å². The maximum atomic E-state index is 16.7. The molecule has 0 atom stereocenters. The van der Waals surface area contributed by atoms with Crippen molar-refractivity contribution in [2.24, 2.45) is 11.8 Å². The third-order valence-electron chi connectivity index (χ3n) is 20.2. The Morgan fingerprint density at radius 3 is 0.705 bits per heavy atom. The predicted molar refractivity (Wildman–Crippen MR) is 388 cm³/mol. The first-order valence-electron chi connectivity index (χ1n) is 38.5. The zero-order valence-electron chi connectivity index (χ0n) is 57.7. The number of anilines is 2. The highest BCUT2D eigenvalue weighted by atomic mass is 79.9. The number of fused-ring (bicyclic) bond motifs is 2. The molecular weight excluding hydrogens is 1220 g/mol. The topological polar surface area (TPSA) is 40.6 Å². The fourth-order valence-corrected chi connectivity index (χ4v) is 15.3. The quantitative estimate of drug-likeness (QED) is 0.0489. The number of nitrogens with zero attached hydrogens (tertiary/aromatic N) is 2. The van der Waals surface area contributed by atoms with Gasteiger partial charge in [0, 0.05) is 24.2 Å². The lowest BCUT2D eigenvalue weighted by Gasteiger charge is -2.21. The van der Waals surface area contributed by atoms with E-state index < -0.39 is 11.6 Å². The summed E-state index contributed by atoms with van der Waals surface area (Å²) in [5, 5.41) is 0. The molecule has 0 saturated carbocycles. The molecule has 8 heteroatoms. The van der Waals surface area contributed by atoms with E-state index in [4.69, 9.17) is 0 Å². The van der Waals surface area contributed by atoms with Gasteiger partial charge in [0.1, 0.15) is 0 Å². The zero-order valence-corrected chi connectivity index (χ0v) is 60.9. The van der Waals surface area contributed by atoms with Crippen molar-refractivity contribution in [1.82, 2.24) is 0 Å². The van der Waals surface area contributed by atoms with Gasteiger partial charge in [0.25, 0.3) is 11.8 Å². The van der Waals surface area contributed by atoms with E-state index >= 15 is 18.4 Å². The fraction of sp³-hybridized carbons (Fsp3) is 0.800. The van der Waals surface area contributed by atoms with Gasteiger partial charge in [-0.15, -0.1) is 0 Å². The van der Waals surface area contributed by atoms with Crippen molar-refractivity contribution in [2.75, 3.05) is 22.9 Å². The second-order valence-corrected chi connectivity index (χ2v) is 29.6. The summed E-state index contributed by atoms with van der Waals surface area (Å²) >= 11 is 6.92. The van der Waals surface area contributed by atoms with Crippen LogP contribution in [-0.2, 0) is 9.59 Å². The molecule has 0 fully saturated rings. The molecule has 2 aliphatic rings. The van der Waals surface area contributed by atoms with Gasteiger partial charge in [-0.3, -0.25) is 9.59 Å². The Morgan fingerprint density at radius 2 is 0.489 bits per heavy atom. The van der Waals surface area contributed by atoms with E-state index in [9.17, 15) is 0 Å². The number of carbonyl (C=O) groups is 2. The van der Waals surface area contributed by atoms with Crippen molar-refractivity contribution in [1.29, 1.82) is 0 Å². The summed E-state index contributed by atoms with van der Waals surface area (Å²) in [6, 6.07) is 6.87. The van der Waals surface area contributed by atoms with Crippen molar-refractivity contribution in [2.45, 2.75) is 387 Å². The van der Waals surface area contributed by atoms with Crippen molar-refractivity contribution in [3.63, 3.8) is 0 Å². The third kappa shape index (κ3) is 31.2. The molecule has 88 heavy (non-hydrogen) atoms. The lowest BCUT2D eigenvalue weighted by molar-refractivity contribution is -0.114. The van der Waals surface area contributed by atoms with Crippen LogP contribution in [0.15, 0.2) is 33.2 Å². The Kier molecular flexibility index (Phi) is 45.8. The molecule has 0 spiro atoms. The highest BCUT2D eigenvalue weighted by molar-refractivity contribution is 9.10. The number of hydrogen-bond acceptors (Lipinski definition) is 2. The average molecular weight is 1350 g/mol. The molecular formula is C80H134Br2F2N2O2. The molecule has 0 aliphatic carbocycles. The van der Waals surface area contributed by atoms with Crippen LogP contribution >= 0.6 is 31.9 Å². The summed E-state index contributed by atoms with van der Waals surface area (Å²) in [6.07, 6.45) is 72.9. The van der Waals surface area contributed by atoms with Crippen LogP contribution in [0.25, 0.3) is 11.1 Å². The largest absolute Gasteiger partial charge is 0.305 e. The first kappa shape index (κ1) is 78.4. The molecule has 0 bridgehead atoms. The summed E-state index contributed by atoms with van der Waals surface area (Å²) in [6.45, 7) is 9.91. The number of hydrogen-bond donors (Lipinski definition) is 0. The molecule has 2 heterocycles. The number of amides is 2. The Hall–Kier alpha value is -2.06. The first-order valence-corrected chi connectivity index (χ1v) is 40.1. The second-order valence-electron chi connectivity index (χ2n) is 27.9. The Morgan fingerprint density at radius 1 is 0.295 bits per heavy atom. The normalized spacial score (nSPS) is 14.1. The monoisotopic (exact) mass is 1350 g/mol. The van der Waals surface area contributed by atoms with E-state index in [2.05, 4.69) is 59.6 Å². The molecule has 0 N–H and O–H groups in total. The van der Waals surface area contributed by atoms with E-state index in [1.807, 2.05) is 0 Å². The maximum Gasteiger partial charge on any atom is 0.259 e.